The van der Waals surface area contributed by atoms with Crippen LogP contribution in [0.4, 0.5) is 5.82 Å². The molecule has 8 nitrogen and oxygen atoms in total. The molecule has 1 aromatic heterocycles. The average Bonchev–Trinajstić information content (AvgIpc) is 3.32. The van der Waals surface area contributed by atoms with Crippen molar-refractivity contribution in [3.05, 3.63) is 47.7 Å². The molecule has 1 saturated heterocycles. The number of hydrogen-bond donors (Lipinski definition) is 0. The smallest absolute Gasteiger partial charge is 0.231 e. The first-order chi connectivity index (χ1) is 16.2. The number of nitrogens with zero attached hydrogens (tertiary/aromatic N) is 4. The molecule has 0 radical (unpaired) electrons. The molecule has 3 aromatic rings. The Morgan fingerprint density at radius 1 is 1.00 bits per heavy atom. The summed E-state index contributed by atoms with van der Waals surface area (Å²) in [4.78, 5) is 4.78. The fourth-order valence-corrected chi connectivity index (χ4v) is 4.74. The molecule has 0 unspecified atom stereocenters. The maximum Gasteiger partial charge on any atom is 0.231 e. The molecule has 0 atom stereocenters. The van der Waals surface area contributed by atoms with Crippen LogP contribution in [0.15, 0.2) is 36.4 Å². The molecular formula is C25H30N4O4. The number of fused-ring (bicyclic) bond motifs is 2. The van der Waals surface area contributed by atoms with E-state index in [4.69, 9.17) is 18.9 Å². The fourth-order valence-electron chi connectivity index (χ4n) is 4.74. The zero-order valence-corrected chi connectivity index (χ0v) is 19.4. The standard InChI is InChI=1S/C25H30N4O4/c1-28(25-21-13-19(31-3)5-6-20(21)22(15-30-2)26-27-25)18-8-10-29(11-9-18)14-17-4-7-23-24(12-17)33-16-32-23/h4-7,12-13,18H,8-11,14-16H2,1-3H3. The van der Waals surface area contributed by atoms with Gasteiger partial charge in [0.1, 0.15) is 5.75 Å². The number of methoxy groups -OCH3 is 2. The second-order valence-corrected chi connectivity index (χ2v) is 8.62. The van der Waals surface area contributed by atoms with Crippen LogP contribution >= 0.6 is 0 Å². The Morgan fingerprint density at radius 3 is 2.61 bits per heavy atom. The zero-order chi connectivity index (χ0) is 22.8. The van der Waals surface area contributed by atoms with Gasteiger partial charge in [0.25, 0.3) is 0 Å². The van der Waals surface area contributed by atoms with Crippen molar-refractivity contribution in [2.24, 2.45) is 0 Å². The minimum absolute atomic E-state index is 0.312. The number of likely N-dealkylation sites (tertiary alicyclic amines) is 1. The summed E-state index contributed by atoms with van der Waals surface area (Å²) in [5.74, 6) is 3.38. The van der Waals surface area contributed by atoms with Crippen LogP contribution in [0.3, 0.4) is 0 Å². The molecule has 0 spiro atoms. The summed E-state index contributed by atoms with van der Waals surface area (Å²) in [6.07, 6.45) is 2.13. The van der Waals surface area contributed by atoms with Crippen molar-refractivity contribution in [3.63, 3.8) is 0 Å². The van der Waals surface area contributed by atoms with Crippen LogP contribution in [-0.2, 0) is 17.9 Å². The highest BCUT2D eigenvalue weighted by atomic mass is 16.7. The Balaban J connectivity index is 1.29. The van der Waals surface area contributed by atoms with Crippen molar-refractivity contribution in [2.45, 2.75) is 32.0 Å². The number of anilines is 1. The summed E-state index contributed by atoms with van der Waals surface area (Å²) in [6, 6.07) is 12.7. The van der Waals surface area contributed by atoms with E-state index in [0.717, 1.165) is 72.0 Å². The lowest BCUT2D eigenvalue weighted by Crippen LogP contribution is -2.43. The van der Waals surface area contributed by atoms with Crippen LogP contribution < -0.4 is 19.1 Å². The monoisotopic (exact) mass is 450 g/mol. The zero-order valence-electron chi connectivity index (χ0n) is 19.4. The van der Waals surface area contributed by atoms with Crippen molar-refractivity contribution in [1.82, 2.24) is 15.1 Å². The topological polar surface area (TPSA) is 69.2 Å². The van der Waals surface area contributed by atoms with Crippen LogP contribution in [0.25, 0.3) is 10.8 Å². The third kappa shape index (κ3) is 4.41. The number of ether oxygens (including phenoxy) is 4. The van der Waals surface area contributed by atoms with E-state index in [0.29, 0.717) is 19.4 Å². The van der Waals surface area contributed by atoms with E-state index in [1.54, 1.807) is 14.2 Å². The van der Waals surface area contributed by atoms with Crippen molar-refractivity contribution in [3.8, 4) is 17.2 Å². The van der Waals surface area contributed by atoms with Crippen LogP contribution in [-0.4, -0.2) is 62.3 Å². The quantitative estimate of drug-likeness (QED) is 0.541. The first-order valence-corrected chi connectivity index (χ1v) is 11.3. The molecule has 174 valence electrons. The summed E-state index contributed by atoms with van der Waals surface area (Å²) >= 11 is 0. The molecule has 33 heavy (non-hydrogen) atoms. The molecule has 3 heterocycles. The Hall–Kier alpha value is -3.10. The van der Waals surface area contributed by atoms with Gasteiger partial charge in [-0.25, -0.2) is 0 Å². The van der Waals surface area contributed by atoms with Gasteiger partial charge < -0.3 is 23.8 Å². The fraction of sp³-hybridized carbons (Fsp3) is 0.440. The van der Waals surface area contributed by atoms with E-state index < -0.39 is 0 Å². The number of hydrogen-bond acceptors (Lipinski definition) is 8. The van der Waals surface area contributed by atoms with Gasteiger partial charge in [-0.05, 0) is 48.7 Å². The molecule has 0 N–H and O–H groups in total. The number of piperidine rings is 1. The molecule has 0 saturated carbocycles. The molecular weight excluding hydrogens is 420 g/mol. The third-order valence-electron chi connectivity index (χ3n) is 6.61. The minimum Gasteiger partial charge on any atom is -0.497 e. The summed E-state index contributed by atoms with van der Waals surface area (Å²) in [6.45, 7) is 3.71. The lowest BCUT2D eigenvalue weighted by Gasteiger charge is -2.37. The third-order valence-corrected chi connectivity index (χ3v) is 6.61. The Morgan fingerprint density at radius 2 is 1.82 bits per heavy atom. The van der Waals surface area contributed by atoms with Gasteiger partial charge in [0.05, 0.1) is 19.4 Å². The molecule has 0 bridgehead atoms. The van der Waals surface area contributed by atoms with Crippen molar-refractivity contribution in [1.29, 1.82) is 0 Å². The summed E-state index contributed by atoms with van der Waals surface area (Å²) in [7, 11) is 5.48. The van der Waals surface area contributed by atoms with Gasteiger partial charge in [0.15, 0.2) is 17.3 Å². The van der Waals surface area contributed by atoms with Gasteiger partial charge >= 0.3 is 0 Å². The summed E-state index contributed by atoms with van der Waals surface area (Å²) in [5.41, 5.74) is 2.09. The molecule has 2 aromatic carbocycles. The van der Waals surface area contributed by atoms with Gasteiger partial charge in [-0.3, -0.25) is 4.90 Å². The maximum atomic E-state index is 5.52. The second kappa shape index (κ2) is 9.41. The predicted octanol–water partition coefficient (Wildman–Crippen LogP) is 3.61. The van der Waals surface area contributed by atoms with Crippen LogP contribution in [0.1, 0.15) is 24.1 Å². The molecule has 1 fully saturated rings. The van der Waals surface area contributed by atoms with Gasteiger partial charge in [-0.15, -0.1) is 5.10 Å². The molecule has 0 aliphatic carbocycles. The van der Waals surface area contributed by atoms with Gasteiger partial charge in [-0.1, -0.05) is 6.07 Å². The number of rotatable bonds is 7. The normalized spacial score (nSPS) is 16.3. The second-order valence-electron chi connectivity index (χ2n) is 8.62. The van der Waals surface area contributed by atoms with Crippen molar-refractivity contribution >= 4 is 16.6 Å². The first kappa shape index (κ1) is 21.7. The van der Waals surface area contributed by atoms with Gasteiger partial charge in [0, 0.05) is 50.6 Å². The first-order valence-electron chi connectivity index (χ1n) is 11.3. The van der Waals surface area contributed by atoms with Gasteiger partial charge in [0.2, 0.25) is 6.79 Å². The lowest BCUT2D eigenvalue weighted by atomic mass is 10.0. The Kier molecular flexibility index (Phi) is 6.20. The Bertz CT molecular complexity index is 1130. The molecule has 2 aliphatic rings. The highest BCUT2D eigenvalue weighted by molar-refractivity contribution is 5.94. The highest BCUT2D eigenvalue weighted by Crippen LogP contribution is 2.34. The molecule has 8 heteroatoms. The summed E-state index contributed by atoms with van der Waals surface area (Å²) in [5, 5.41) is 11.2. The van der Waals surface area contributed by atoms with Gasteiger partial charge in [-0.2, -0.15) is 5.10 Å². The number of aromatic nitrogens is 2. The SMILES string of the molecule is COCc1nnc(N(C)C2CCN(Cc3ccc4c(c3)OCO4)CC2)c2cc(OC)ccc12. The molecule has 0 amide bonds. The van der Waals surface area contributed by atoms with E-state index in [9.17, 15) is 0 Å². The molecule has 5 rings (SSSR count). The van der Waals surface area contributed by atoms with Crippen LogP contribution in [0.2, 0.25) is 0 Å². The average molecular weight is 451 g/mol. The lowest BCUT2D eigenvalue weighted by molar-refractivity contribution is 0.173. The van der Waals surface area contributed by atoms with E-state index in [-0.39, 0.29) is 0 Å². The minimum atomic E-state index is 0.312. The summed E-state index contributed by atoms with van der Waals surface area (Å²) < 4.78 is 21.8. The largest absolute Gasteiger partial charge is 0.497 e. The number of benzene rings is 2. The highest BCUT2D eigenvalue weighted by Gasteiger charge is 2.26. The van der Waals surface area contributed by atoms with Crippen molar-refractivity contribution in [2.75, 3.05) is 46.0 Å². The van der Waals surface area contributed by atoms with E-state index in [1.165, 1.54) is 5.56 Å². The maximum absolute atomic E-state index is 5.52. The predicted molar refractivity (Wildman–Crippen MR) is 126 cm³/mol. The van der Waals surface area contributed by atoms with E-state index >= 15 is 0 Å². The molecule has 2 aliphatic heterocycles. The van der Waals surface area contributed by atoms with Crippen molar-refractivity contribution < 1.29 is 18.9 Å². The van der Waals surface area contributed by atoms with Crippen LogP contribution in [0.5, 0.6) is 17.2 Å². The Labute approximate surface area is 194 Å². The van der Waals surface area contributed by atoms with E-state index in [1.807, 2.05) is 24.3 Å². The van der Waals surface area contributed by atoms with Crippen LogP contribution in [0, 0.1) is 0 Å². The van der Waals surface area contributed by atoms with E-state index in [2.05, 4.69) is 39.2 Å².